The number of hydrogen-bond donors (Lipinski definition) is 0. The van der Waals surface area contributed by atoms with Crippen LogP contribution in [-0.2, 0) is 20.7 Å². The van der Waals surface area contributed by atoms with Crippen LogP contribution in [0.1, 0.15) is 49.0 Å². The number of rotatable bonds is 5. The number of likely N-dealkylation sites (tertiary alicyclic amines) is 1. The lowest BCUT2D eigenvalue weighted by molar-refractivity contribution is -0.151. The summed E-state index contributed by atoms with van der Waals surface area (Å²) in [5.41, 5.74) is 2.91. The Bertz CT molecular complexity index is 853. The van der Waals surface area contributed by atoms with Gasteiger partial charge < -0.3 is 9.64 Å². The van der Waals surface area contributed by atoms with E-state index in [4.69, 9.17) is 4.74 Å². The van der Waals surface area contributed by atoms with E-state index in [1.54, 1.807) is 4.52 Å². The molecule has 3 rings (SSSR count). The lowest BCUT2D eigenvalue weighted by atomic mass is 9.96. The number of carbonyl (C=O) groups is 2. The number of aromatic nitrogens is 4. The van der Waals surface area contributed by atoms with Crippen molar-refractivity contribution in [2.24, 2.45) is 5.92 Å². The lowest BCUT2D eigenvalue weighted by Crippen LogP contribution is -2.40. The number of hydrogen-bond acceptors (Lipinski definition) is 6. The van der Waals surface area contributed by atoms with E-state index in [-0.39, 0.29) is 17.8 Å². The number of carbonyl (C=O) groups excluding carboxylic acids is 2. The van der Waals surface area contributed by atoms with E-state index < -0.39 is 0 Å². The van der Waals surface area contributed by atoms with Gasteiger partial charge in [-0.25, -0.2) is 9.50 Å². The maximum Gasteiger partial charge on any atom is 0.309 e. The maximum absolute atomic E-state index is 12.6. The van der Waals surface area contributed by atoms with Crippen molar-refractivity contribution in [3.63, 3.8) is 0 Å². The fourth-order valence-electron chi connectivity index (χ4n) is 3.68. The second-order valence-electron chi connectivity index (χ2n) is 7.04. The minimum atomic E-state index is -0.140. The summed E-state index contributed by atoms with van der Waals surface area (Å²) in [4.78, 5) is 35.1. The van der Waals surface area contributed by atoms with Crippen LogP contribution in [0.5, 0.6) is 0 Å². The van der Waals surface area contributed by atoms with Crippen molar-refractivity contribution in [2.75, 3.05) is 19.7 Å². The Morgan fingerprint density at radius 3 is 2.52 bits per heavy atom. The number of piperidine rings is 1. The highest BCUT2D eigenvalue weighted by molar-refractivity contribution is 5.77. The van der Waals surface area contributed by atoms with E-state index in [1.807, 2.05) is 32.6 Å². The van der Waals surface area contributed by atoms with E-state index in [2.05, 4.69) is 15.1 Å². The number of aryl methyl sites for hydroxylation is 3. The van der Waals surface area contributed by atoms with Gasteiger partial charge in [0.2, 0.25) is 5.91 Å². The van der Waals surface area contributed by atoms with Crippen LogP contribution in [0.4, 0.5) is 0 Å². The highest BCUT2D eigenvalue weighted by Gasteiger charge is 2.28. The Balaban J connectivity index is 1.60. The number of esters is 1. The molecule has 1 saturated heterocycles. The van der Waals surface area contributed by atoms with Crippen molar-refractivity contribution in [1.82, 2.24) is 24.5 Å². The molecule has 0 spiro atoms. The van der Waals surface area contributed by atoms with E-state index >= 15 is 0 Å². The molecule has 146 valence electrons. The zero-order valence-corrected chi connectivity index (χ0v) is 16.5. The number of nitrogens with zero attached hydrogens (tertiary/aromatic N) is 5. The third kappa shape index (κ3) is 4.09. The van der Waals surface area contributed by atoms with Gasteiger partial charge in [-0.2, -0.15) is 10.1 Å². The third-order valence-electron chi connectivity index (χ3n) is 5.21. The van der Waals surface area contributed by atoms with Gasteiger partial charge in [-0.05, 0) is 52.5 Å². The van der Waals surface area contributed by atoms with Gasteiger partial charge in [-0.1, -0.05) is 0 Å². The molecule has 0 aliphatic carbocycles. The molecule has 1 amide bonds. The molecule has 0 bridgehead atoms. The Hall–Kier alpha value is -2.51. The van der Waals surface area contributed by atoms with Gasteiger partial charge in [-0.15, -0.1) is 0 Å². The van der Waals surface area contributed by atoms with Gasteiger partial charge >= 0.3 is 5.97 Å². The average molecular weight is 373 g/mol. The molecule has 0 radical (unpaired) electrons. The average Bonchev–Trinajstić information content (AvgIpc) is 3.02. The monoisotopic (exact) mass is 373 g/mol. The normalized spacial score (nSPS) is 15.3. The summed E-state index contributed by atoms with van der Waals surface area (Å²) in [6.45, 7) is 9.21. The summed E-state index contributed by atoms with van der Waals surface area (Å²) in [6, 6.07) is 0. The quantitative estimate of drug-likeness (QED) is 0.742. The topological polar surface area (TPSA) is 89.7 Å². The standard InChI is InChI=1S/C19H27N5O3/c1-5-27-18(26)15-8-10-23(11-9-15)17(25)7-6-16-12(2)20-19-21-14(4)22-24(19)13(16)3/h15H,5-11H2,1-4H3. The zero-order chi connectivity index (χ0) is 19.6. The molecule has 2 aromatic rings. The van der Waals surface area contributed by atoms with Crippen molar-refractivity contribution in [2.45, 2.75) is 53.4 Å². The largest absolute Gasteiger partial charge is 0.466 e. The molecule has 8 heteroatoms. The second kappa shape index (κ2) is 8.02. The van der Waals surface area contributed by atoms with Gasteiger partial charge in [-0.3, -0.25) is 9.59 Å². The molecular formula is C19H27N5O3. The van der Waals surface area contributed by atoms with Crippen LogP contribution >= 0.6 is 0 Å². The zero-order valence-electron chi connectivity index (χ0n) is 16.5. The van der Waals surface area contributed by atoms with Crippen molar-refractivity contribution in [3.05, 3.63) is 22.8 Å². The van der Waals surface area contributed by atoms with E-state index in [0.29, 0.717) is 57.0 Å². The fourth-order valence-corrected chi connectivity index (χ4v) is 3.68. The van der Waals surface area contributed by atoms with Crippen LogP contribution in [0, 0.1) is 26.7 Å². The first-order valence-electron chi connectivity index (χ1n) is 9.54. The highest BCUT2D eigenvalue weighted by Crippen LogP contribution is 2.21. The highest BCUT2D eigenvalue weighted by atomic mass is 16.5. The lowest BCUT2D eigenvalue weighted by Gasteiger charge is -2.31. The Kier molecular flexibility index (Phi) is 5.72. The van der Waals surface area contributed by atoms with E-state index in [9.17, 15) is 9.59 Å². The van der Waals surface area contributed by atoms with Gasteiger partial charge in [0.15, 0.2) is 0 Å². The van der Waals surface area contributed by atoms with Crippen molar-refractivity contribution in [1.29, 1.82) is 0 Å². The summed E-state index contributed by atoms with van der Waals surface area (Å²) in [7, 11) is 0. The molecule has 8 nitrogen and oxygen atoms in total. The second-order valence-corrected chi connectivity index (χ2v) is 7.04. The fraction of sp³-hybridized carbons (Fsp3) is 0.632. The Labute approximate surface area is 158 Å². The van der Waals surface area contributed by atoms with Gasteiger partial charge in [0.05, 0.1) is 12.5 Å². The van der Waals surface area contributed by atoms with Crippen LogP contribution in [-0.4, -0.2) is 56.1 Å². The molecule has 0 atom stereocenters. The van der Waals surface area contributed by atoms with Gasteiger partial charge in [0, 0.05) is 30.9 Å². The molecule has 1 aliphatic heterocycles. The van der Waals surface area contributed by atoms with Crippen LogP contribution in [0.15, 0.2) is 0 Å². The molecule has 27 heavy (non-hydrogen) atoms. The molecule has 3 heterocycles. The summed E-state index contributed by atoms with van der Waals surface area (Å²) in [5.74, 6) is 1.17. The number of fused-ring (bicyclic) bond motifs is 1. The molecule has 0 unspecified atom stereocenters. The predicted molar refractivity (Wildman–Crippen MR) is 99.3 cm³/mol. The van der Waals surface area contributed by atoms with Crippen LogP contribution in [0.3, 0.4) is 0 Å². The minimum absolute atomic E-state index is 0.0827. The first-order chi connectivity index (χ1) is 12.9. The smallest absolute Gasteiger partial charge is 0.309 e. The van der Waals surface area contributed by atoms with Crippen LogP contribution in [0.25, 0.3) is 5.78 Å². The van der Waals surface area contributed by atoms with Crippen molar-refractivity contribution < 1.29 is 14.3 Å². The third-order valence-corrected chi connectivity index (χ3v) is 5.21. The molecule has 2 aromatic heterocycles. The number of ether oxygens (including phenoxy) is 1. The first-order valence-corrected chi connectivity index (χ1v) is 9.54. The van der Waals surface area contributed by atoms with Crippen LogP contribution in [0.2, 0.25) is 0 Å². The summed E-state index contributed by atoms with van der Waals surface area (Å²) >= 11 is 0. The van der Waals surface area contributed by atoms with E-state index in [0.717, 1.165) is 17.0 Å². The summed E-state index contributed by atoms with van der Waals surface area (Å²) < 4.78 is 6.83. The van der Waals surface area contributed by atoms with Crippen molar-refractivity contribution >= 4 is 17.7 Å². The molecule has 1 fully saturated rings. The molecular weight excluding hydrogens is 346 g/mol. The molecule has 0 N–H and O–H groups in total. The summed E-state index contributed by atoms with van der Waals surface area (Å²) in [6.07, 6.45) is 2.39. The van der Waals surface area contributed by atoms with Gasteiger partial charge in [0.25, 0.3) is 5.78 Å². The van der Waals surface area contributed by atoms with Crippen molar-refractivity contribution in [3.8, 4) is 0 Å². The Morgan fingerprint density at radius 1 is 1.15 bits per heavy atom. The van der Waals surface area contributed by atoms with Crippen LogP contribution < -0.4 is 0 Å². The minimum Gasteiger partial charge on any atom is -0.466 e. The number of amides is 1. The maximum atomic E-state index is 12.6. The molecule has 1 aliphatic rings. The first kappa shape index (κ1) is 19.3. The van der Waals surface area contributed by atoms with E-state index in [1.165, 1.54) is 0 Å². The van der Waals surface area contributed by atoms with Gasteiger partial charge in [0.1, 0.15) is 5.82 Å². The predicted octanol–water partition coefficient (Wildman–Crippen LogP) is 1.78. The molecule has 0 aromatic carbocycles. The summed E-state index contributed by atoms with van der Waals surface area (Å²) in [5, 5.41) is 4.38. The SMILES string of the molecule is CCOC(=O)C1CCN(C(=O)CCc2c(C)nc3nc(C)nn3c2C)CC1. The molecule has 0 saturated carbocycles. The Morgan fingerprint density at radius 2 is 1.85 bits per heavy atom.